The third-order valence-electron chi connectivity index (χ3n) is 3.64. The van der Waals surface area contributed by atoms with Gasteiger partial charge in [-0.15, -0.1) is 0 Å². The van der Waals surface area contributed by atoms with Gasteiger partial charge in [0.1, 0.15) is 11.7 Å². The van der Waals surface area contributed by atoms with Gasteiger partial charge in [0.05, 0.1) is 11.8 Å². The molecule has 0 radical (unpaired) electrons. The first-order valence-electron chi connectivity index (χ1n) is 6.82. The Hall–Kier alpha value is -2.77. The van der Waals surface area contributed by atoms with Gasteiger partial charge in [0.2, 0.25) is 0 Å². The van der Waals surface area contributed by atoms with Crippen LogP contribution in [-0.2, 0) is 14.3 Å². The Labute approximate surface area is 124 Å². The van der Waals surface area contributed by atoms with Crippen molar-refractivity contribution < 1.29 is 28.6 Å². The van der Waals surface area contributed by atoms with E-state index in [1.165, 1.54) is 17.2 Å². The summed E-state index contributed by atoms with van der Waals surface area (Å²) < 4.78 is 10.0. The lowest BCUT2D eigenvalue weighted by molar-refractivity contribution is -0.149. The molecular weight excluding hydrogens is 292 g/mol. The van der Waals surface area contributed by atoms with Gasteiger partial charge < -0.3 is 24.1 Å². The SMILES string of the molecule is O=C(OCC(=O)N1CCCC1C(=O)O)c1cc2occc2[nH]1. The summed E-state index contributed by atoms with van der Waals surface area (Å²) in [5, 5.41) is 9.03. The van der Waals surface area contributed by atoms with Crippen molar-refractivity contribution in [3.63, 3.8) is 0 Å². The van der Waals surface area contributed by atoms with E-state index in [0.29, 0.717) is 30.5 Å². The van der Waals surface area contributed by atoms with Gasteiger partial charge in [0, 0.05) is 18.7 Å². The van der Waals surface area contributed by atoms with Crippen molar-refractivity contribution in [3.05, 3.63) is 24.1 Å². The largest absolute Gasteiger partial charge is 0.480 e. The maximum absolute atomic E-state index is 12.0. The van der Waals surface area contributed by atoms with Crippen LogP contribution in [0.3, 0.4) is 0 Å². The monoisotopic (exact) mass is 306 g/mol. The number of carbonyl (C=O) groups excluding carboxylic acids is 2. The van der Waals surface area contributed by atoms with Crippen molar-refractivity contribution in [1.82, 2.24) is 9.88 Å². The molecule has 1 aliphatic heterocycles. The molecule has 0 aromatic carbocycles. The van der Waals surface area contributed by atoms with Gasteiger partial charge in [0.25, 0.3) is 5.91 Å². The van der Waals surface area contributed by atoms with Crippen molar-refractivity contribution in [2.45, 2.75) is 18.9 Å². The van der Waals surface area contributed by atoms with Gasteiger partial charge in [-0.2, -0.15) is 0 Å². The van der Waals surface area contributed by atoms with E-state index in [0.717, 1.165) is 0 Å². The predicted octanol–water partition coefficient (Wildman–Crippen LogP) is 0.993. The number of nitrogens with one attached hydrogen (secondary N) is 1. The molecule has 0 saturated carbocycles. The summed E-state index contributed by atoms with van der Waals surface area (Å²) in [5.41, 5.74) is 1.35. The highest BCUT2D eigenvalue weighted by Crippen LogP contribution is 2.19. The molecule has 2 aromatic heterocycles. The van der Waals surface area contributed by atoms with Crippen molar-refractivity contribution >= 4 is 28.9 Å². The number of hydrogen-bond acceptors (Lipinski definition) is 5. The molecule has 1 amide bonds. The number of H-pyrrole nitrogens is 1. The molecule has 3 rings (SSSR count). The highest BCUT2D eigenvalue weighted by atomic mass is 16.5. The van der Waals surface area contributed by atoms with Crippen LogP contribution in [0.15, 0.2) is 22.8 Å². The number of carbonyl (C=O) groups is 3. The second-order valence-corrected chi connectivity index (χ2v) is 5.04. The zero-order chi connectivity index (χ0) is 15.7. The Morgan fingerprint density at radius 3 is 3.00 bits per heavy atom. The van der Waals surface area contributed by atoms with Crippen LogP contribution in [0.4, 0.5) is 0 Å². The molecule has 8 nitrogen and oxygen atoms in total. The van der Waals surface area contributed by atoms with Crippen molar-refractivity contribution in [1.29, 1.82) is 0 Å². The number of rotatable bonds is 4. The number of ether oxygens (including phenoxy) is 1. The van der Waals surface area contributed by atoms with E-state index in [1.807, 2.05) is 0 Å². The number of likely N-dealkylation sites (tertiary alicyclic amines) is 1. The molecule has 116 valence electrons. The first kappa shape index (κ1) is 14.2. The lowest BCUT2D eigenvalue weighted by Crippen LogP contribution is -2.42. The minimum absolute atomic E-state index is 0.179. The number of esters is 1. The molecule has 8 heteroatoms. The summed E-state index contributed by atoms with van der Waals surface area (Å²) in [7, 11) is 0. The molecule has 1 fully saturated rings. The van der Waals surface area contributed by atoms with E-state index in [1.54, 1.807) is 6.07 Å². The zero-order valence-corrected chi connectivity index (χ0v) is 11.6. The first-order valence-corrected chi connectivity index (χ1v) is 6.82. The minimum atomic E-state index is -1.04. The Kier molecular flexibility index (Phi) is 3.58. The summed E-state index contributed by atoms with van der Waals surface area (Å²) in [6.07, 6.45) is 2.53. The van der Waals surface area contributed by atoms with E-state index in [4.69, 9.17) is 14.3 Å². The van der Waals surface area contributed by atoms with Crippen molar-refractivity contribution in [3.8, 4) is 0 Å². The van der Waals surface area contributed by atoms with Gasteiger partial charge in [-0.05, 0) is 12.8 Å². The summed E-state index contributed by atoms with van der Waals surface area (Å²) in [4.78, 5) is 38.9. The van der Waals surface area contributed by atoms with Gasteiger partial charge in [-0.3, -0.25) is 4.79 Å². The number of aromatic nitrogens is 1. The molecule has 2 N–H and O–H groups in total. The fourth-order valence-corrected chi connectivity index (χ4v) is 2.57. The van der Waals surface area contributed by atoms with Crippen LogP contribution >= 0.6 is 0 Å². The van der Waals surface area contributed by atoms with Crippen LogP contribution in [0.5, 0.6) is 0 Å². The number of aromatic amines is 1. The number of hydrogen-bond donors (Lipinski definition) is 2. The molecular formula is C14H14N2O6. The number of carboxylic acid groups (broad SMARTS) is 1. The zero-order valence-electron chi connectivity index (χ0n) is 11.6. The maximum Gasteiger partial charge on any atom is 0.355 e. The van der Waals surface area contributed by atoms with Crippen LogP contribution in [0.2, 0.25) is 0 Å². The molecule has 22 heavy (non-hydrogen) atoms. The number of furan rings is 1. The quantitative estimate of drug-likeness (QED) is 0.815. The minimum Gasteiger partial charge on any atom is -0.480 e. The van der Waals surface area contributed by atoms with Crippen LogP contribution < -0.4 is 0 Å². The normalized spacial score (nSPS) is 17.8. The molecule has 1 unspecified atom stereocenters. The molecule has 3 heterocycles. The predicted molar refractivity (Wildman–Crippen MR) is 73.2 cm³/mol. The average molecular weight is 306 g/mol. The highest BCUT2D eigenvalue weighted by Gasteiger charge is 2.34. The van der Waals surface area contributed by atoms with Crippen molar-refractivity contribution in [2.75, 3.05) is 13.2 Å². The Balaban J connectivity index is 1.59. The molecule has 0 aliphatic carbocycles. The topological polar surface area (TPSA) is 113 Å². The molecule has 1 aliphatic rings. The first-order chi connectivity index (χ1) is 10.6. The van der Waals surface area contributed by atoms with E-state index < -0.39 is 30.5 Å². The number of fused-ring (bicyclic) bond motifs is 1. The Bertz CT molecular complexity index is 702. The lowest BCUT2D eigenvalue weighted by Gasteiger charge is -2.20. The van der Waals surface area contributed by atoms with Crippen LogP contribution in [-0.4, -0.2) is 52.0 Å². The summed E-state index contributed by atoms with van der Waals surface area (Å²) in [6, 6.07) is 2.32. The highest BCUT2D eigenvalue weighted by molar-refractivity contribution is 5.94. The molecule has 2 aromatic rings. The lowest BCUT2D eigenvalue weighted by atomic mass is 10.2. The summed E-state index contributed by atoms with van der Waals surface area (Å²) in [5.74, 6) is -2.23. The molecule has 1 atom stereocenters. The van der Waals surface area contributed by atoms with Gasteiger partial charge in [-0.1, -0.05) is 0 Å². The van der Waals surface area contributed by atoms with Gasteiger partial charge in [-0.25, -0.2) is 9.59 Å². The second-order valence-electron chi connectivity index (χ2n) is 5.04. The van der Waals surface area contributed by atoms with E-state index in [9.17, 15) is 14.4 Å². The second kappa shape index (κ2) is 5.55. The standard InChI is InChI=1S/C14H14N2O6/c17-12(16-4-1-2-10(16)13(18)19)7-22-14(20)9-6-11-8(15-9)3-5-21-11/h3,5-6,10,15H,1-2,4,7H2,(H,18,19). The number of nitrogens with zero attached hydrogens (tertiary/aromatic N) is 1. The molecule has 1 saturated heterocycles. The van der Waals surface area contributed by atoms with Crippen LogP contribution in [0.25, 0.3) is 11.1 Å². The molecule has 0 spiro atoms. The summed E-state index contributed by atoms with van der Waals surface area (Å²) >= 11 is 0. The van der Waals surface area contributed by atoms with E-state index in [2.05, 4.69) is 4.98 Å². The fourth-order valence-electron chi connectivity index (χ4n) is 2.57. The van der Waals surface area contributed by atoms with E-state index >= 15 is 0 Å². The van der Waals surface area contributed by atoms with Crippen LogP contribution in [0.1, 0.15) is 23.3 Å². The Morgan fingerprint density at radius 1 is 1.45 bits per heavy atom. The van der Waals surface area contributed by atoms with Crippen LogP contribution in [0, 0.1) is 0 Å². The number of carboxylic acids is 1. The maximum atomic E-state index is 12.0. The number of aliphatic carboxylic acids is 1. The number of amides is 1. The fraction of sp³-hybridized carbons (Fsp3) is 0.357. The third kappa shape index (κ3) is 2.54. The molecule has 0 bridgehead atoms. The van der Waals surface area contributed by atoms with E-state index in [-0.39, 0.29) is 5.69 Å². The summed E-state index contributed by atoms with van der Waals surface area (Å²) in [6.45, 7) is -0.119. The smallest absolute Gasteiger partial charge is 0.355 e. The Morgan fingerprint density at radius 2 is 2.27 bits per heavy atom. The van der Waals surface area contributed by atoms with Crippen molar-refractivity contribution in [2.24, 2.45) is 0 Å². The average Bonchev–Trinajstić information content (AvgIpc) is 3.17. The van der Waals surface area contributed by atoms with Gasteiger partial charge >= 0.3 is 11.9 Å². The third-order valence-corrected chi connectivity index (χ3v) is 3.64. The van der Waals surface area contributed by atoms with Gasteiger partial charge in [0.15, 0.2) is 12.2 Å².